The van der Waals surface area contributed by atoms with Crippen LogP contribution in [-0.2, 0) is 0 Å². The SMILES string of the molecule is CCCCC(CC)C1CCCNC1. The van der Waals surface area contributed by atoms with Crippen molar-refractivity contribution < 1.29 is 0 Å². The van der Waals surface area contributed by atoms with E-state index in [1.54, 1.807) is 0 Å². The van der Waals surface area contributed by atoms with Gasteiger partial charge in [-0.15, -0.1) is 0 Å². The molecule has 13 heavy (non-hydrogen) atoms. The third kappa shape index (κ3) is 3.68. The highest BCUT2D eigenvalue weighted by atomic mass is 14.9. The molecular weight excluding hydrogens is 158 g/mol. The highest BCUT2D eigenvalue weighted by Crippen LogP contribution is 2.27. The number of rotatable bonds is 5. The maximum absolute atomic E-state index is 3.53. The molecule has 0 radical (unpaired) electrons. The number of unbranched alkanes of at least 4 members (excludes halogenated alkanes) is 1. The van der Waals surface area contributed by atoms with E-state index < -0.39 is 0 Å². The van der Waals surface area contributed by atoms with E-state index in [0.29, 0.717) is 0 Å². The maximum Gasteiger partial charge on any atom is -0.00179 e. The van der Waals surface area contributed by atoms with Crippen LogP contribution in [0.5, 0.6) is 0 Å². The van der Waals surface area contributed by atoms with Gasteiger partial charge in [-0.3, -0.25) is 0 Å². The standard InChI is InChI=1S/C12H25N/c1-3-5-7-11(4-2)12-8-6-9-13-10-12/h11-13H,3-10H2,1-2H3. The van der Waals surface area contributed by atoms with Crippen molar-refractivity contribution >= 4 is 0 Å². The zero-order valence-corrected chi connectivity index (χ0v) is 9.31. The Bertz CT molecular complexity index is 116. The molecule has 2 unspecified atom stereocenters. The van der Waals surface area contributed by atoms with Gasteiger partial charge in [0.25, 0.3) is 0 Å². The summed E-state index contributed by atoms with van der Waals surface area (Å²) in [5, 5.41) is 3.53. The van der Waals surface area contributed by atoms with Crippen LogP contribution < -0.4 is 5.32 Å². The average molecular weight is 183 g/mol. The van der Waals surface area contributed by atoms with Crippen LogP contribution in [0.2, 0.25) is 0 Å². The zero-order valence-electron chi connectivity index (χ0n) is 9.31. The topological polar surface area (TPSA) is 12.0 Å². The van der Waals surface area contributed by atoms with Crippen molar-refractivity contribution in [1.82, 2.24) is 5.32 Å². The van der Waals surface area contributed by atoms with Gasteiger partial charge < -0.3 is 5.32 Å². The second-order valence-corrected chi connectivity index (χ2v) is 4.42. The first-order chi connectivity index (χ1) is 6.38. The summed E-state index contributed by atoms with van der Waals surface area (Å²) in [5.74, 6) is 1.97. The minimum atomic E-state index is 0.977. The van der Waals surface area contributed by atoms with E-state index in [1.165, 1.54) is 51.6 Å². The Morgan fingerprint density at radius 3 is 2.77 bits per heavy atom. The molecule has 0 aliphatic carbocycles. The lowest BCUT2D eigenvalue weighted by atomic mass is 9.81. The minimum absolute atomic E-state index is 0.977. The maximum atomic E-state index is 3.53. The Balaban J connectivity index is 2.26. The van der Waals surface area contributed by atoms with Crippen LogP contribution in [0, 0.1) is 11.8 Å². The van der Waals surface area contributed by atoms with Gasteiger partial charge in [0.1, 0.15) is 0 Å². The summed E-state index contributed by atoms with van der Waals surface area (Å²) < 4.78 is 0. The summed E-state index contributed by atoms with van der Waals surface area (Å²) in [5.41, 5.74) is 0. The Morgan fingerprint density at radius 2 is 2.23 bits per heavy atom. The molecule has 1 rings (SSSR count). The van der Waals surface area contributed by atoms with Crippen molar-refractivity contribution in [3.8, 4) is 0 Å². The number of nitrogens with one attached hydrogen (secondary N) is 1. The molecule has 0 amide bonds. The first-order valence-electron chi connectivity index (χ1n) is 6.09. The third-order valence-electron chi connectivity index (χ3n) is 3.45. The predicted octanol–water partition coefficient (Wildman–Crippen LogP) is 3.20. The van der Waals surface area contributed by atoms with Crippen molar-refractivity contribution in [2.24, 2.45) is 11.8 Å². The van der Waals surface area contributed by atoms with Gasteiger partial charge in [-0.1, -0.05) is 39.5 Å². The lowest BCUT2D eigenvalue weighted by molar-refractivity contribution is 0.241. The molecule has 0 saturated carbocycles. The first kappa shape index (κ1) is 11.0. The minimum Gasteiger partial charge on any atom is -0.316 e. The fourth-order valence-corrected chi connectivity index (χ4v) is 2.52. The Kier molecular flexibility index (Phi) is 5.45. The lowest BCUT2D eigenvalue weighted by Crippen LogP contribution is -2.34. The predicted molar refractivity (Wildman–Crippen MR) is 58.9 cm³/mol. The Hall–Kier alpha value is -0.0400. The van der Waals surface area contributed by atoms with Crippen LogP contribution in [0.15, 0.2) is 0 Å². The molecule has 1 saturated heterocycles. The van der Waals surface area contributed by atoms with Crippen LogP contribution in [0.4, 0.5) is 0 Å². The molecule has 2 atom stereocenters. The summed E-state index contributed by atoms with van der Waals surface area (Å²) in [6, 6.07) is 0. The molecule has 0 aromatic heterocycles. The molecule has 1 heteroatoms. The van der Waals surface area contributed by atoms with Gasteiger partial charge in [0.05, 0.1) is 0 Å². The largest absolute Gasteiger partial charge is 0.316 e. The van der Waals surface area contributed by atoms with Gasteiger partial charge in [-0.2, -0.15) is 0 Å². The van der Waals surface area contributed by atoms with E-state index in [2.05, 4.69) is 19.2 Å². The van der Waals surface area contributed by atoms with E-state index in [-0.39, 0.29) is 0 Å². The molecule has 1 heterocycles. The molecule has 0 aromatic carbocycles. The van der Waals surface area contributed by atoms with Crippen molar-refractivity contribution in [3.05, 3.63) is 0 Å². The number of piperidine rings is 1. The van der Waals surface area contributed by atoms with Gasteiger partial charge in [0, 0.05) is 0 Å². The first-order valence-corrected chi connectivity index (χ1v) is 6.09. The fourth-order valence-electron chi connectivity index (χ4n) is 2.52. The molecule has 1 aliphatic heterocycles. The number of hydrogen-bond donors (Lipinski definition) is 1. The summed E-state index contributed by atoms with van der Waals surface area (Å²) in [6.45, 7) is 7.18. The summed E-state index contributed by atoms with van der Waals surface area (Å²) in [6.07, 6.45) is 8.49. The van der Waals surface area contributed by atoms with Crippen LogP contribution >= 0.6 is 0 Å². The molecule has 0 bridgehead atoms. The van der Waals surface area contributed by atoms with E-state index in [1.807, 2.05) is 0 Å². The van der Waals surface area contributed by atoms with Crippen LogP contribution in [0.3, 0.4) is 0 Å². The summed E-state index contributed by atoms with van der Waals surface area (Å²) >= 11 is 0. The Morgan fingerprint density at radius 1 is 1.38 bits per heavy atom. The molecule has 1 N–H and O–H groups in total. The van der Waals surface area contributed by atoms with Crippen LogP contribution in [0.1, 0.15) is 52.4 Å². The van der Waals surface area contributed by atoms with Crippen molar-refractivity contribution in [1.29, 1.82) is 0 Å². The van der Waals surface area contributed by atoms with E-state index in [4.69, 9.17) is 0 Å². The fraction of sp³-hybridized carbons (Fsp3) is 1.00. The molecular formula is C12H25N. The van der Waals surface area contributed by atoms with Gasteiger partial charge in [0.15, 0.2) is 0 Å². The summed E-state index contributed by atoms with van der Waals surface area (Å²) in [7, 11) is 0. The number of hydrogen-bond acceptors (Lipinski definition) is 1. The lowest BCUT2D eigenvalue weighted by Gasteiger charge is -2.30. The average Bonchev–Trinajstić information content (AvgIpc) is 2.21. The molecule has 1 fully saturated rings. The summed E-state index contributed by atoms with van der Waals surface area (Å²) in [4.78, 5) is 0. The second kappa shape index (κ2) is 6.42. The van der Waals surface area contributed by atoms with Gasteiger partial charge in [-0.05, 0) is 37.8 Å². The third-order valence-corrected chi connectivity index (χ3v) is 3.45. The van der Waals surface area contributed by atoms with Crippen molar-refractivity contribution in [3.63, 3.8) is 0 Å². The quantitative estimate of drug-likeness (QED) is 0.690. The van der Waals surface area contributed by atoms with Crippen LogP contribution in [0.25, 0.3) is 0 Å². The smallest absolute Gasteiger partial charge is 0.00179 e. The van der Waals surface area contributed by atoms with E-state index >= 15 is 0 Å². The van der Waals surface area contributed by atoms with Crippen molar-refractivity contribution in [2.75, 3.05) is 13.1 Å². The molecule has 1 nitrogen and oxygen atoms in total. The monoisotopic (exact) mass is 183 g/mol. The molecule has 0 spiro atoms. The van der Waals surface area contributed by atoms with Crippen LogP contribution in [-0.4, -0.2) is 13.1 Å². The zero-order chi connectivity index (χ0) is 9.52. The molecule has 78 valence electrons. The van der Waals surface area contributed by atoms with Gasteiger partial charge in [-0.25, -0.2) is 0 Å². The molecule has 0 aromatic rings. The van der Waals surface area contributed by atoms with E-state index in [0.717, 1.165) is 11.8 Å². The molecule has 1 aliphatic rings. The van der Waals surface area contributed by atoms with Crippen molar-refractivity contribution in [2.45, 2.75) is 52.4 Å². The van der Waals surface area contributed by atoms with Gasteiger partial charge in [0.2, 0.25) is 0 Å². The van der Waals surface area contributed by atoms with E-state index in [9.17, 15) is 0 Å². The van der Waals surface area contributed by atoms with Gasteiger partial charge >= 0.3 is 0 Å². The normalized spacial score (nSPS) is 25.8. The highest BCUT2D eigenvalue weighted by molar-refractivity contribution is 4.75. The highest BCUT2D eigenvalue weighted by Gasteiger charge is 2.21. The second-order valence-electron chi connectivity index (χ2n) is 4.42. The Labute approximate surface area is 83.3 Å².